The molecule has 2 aromatic carbocycles. The Morgan fingerprint density at radius 1 is 1.09 bits per heavy atom. The van der Waals surface area contributed by atoms with Crippen LogP contribution in [-0.4, -0.2) is 70.6 Å². The number of piperazine rings is 1. The van der Waals surface area contributed by atoms with E-state index < -0.39 is 0 Å². The second-order valence-electron chi connectivity index (χ2n) is 9.07. The molecule has 8 heteroatoms. The van der Waals surface area contributed by atoms with E-state index in [0.29, 0.717) is 38.3 Å². The molecule has 7 nitrogen and oxygen atoms in total. The predicted octanol–water partition coefficient (Wildman–Crippen LogP) is 3.29. The number of amides is 2. The van der Waals surface area contributed by atoms with Crippen molar-refractivity contribution in [1.82, 2.24) is 20.0 Å². The van der Waals surface area contributed by atoms with Gasteiger partial charge in [-0.3, -0.25) is 14.7 Å². The van der Waals surface area contributed by atoms with Crippen molar-refractivity contribution in [3.63, 3.8) is 0 Å². The highest BCUT2D eigenvalue weighted by Gasteiger charge is 2.35. The zero-order chi connectivity index (χ0) is 22.9. The number of carbonyl (C=O) groups excluding carboxylic acids is 2. The van der Waals surface area contributed by atoms with E-state index in [1.54, 1.807) is 17.2 Å². The largest absolute Gasteiger partial charge is 0.368 e. The van der Waals surface area contributed by atoms with Crippen molar-refractivity contribution in [3.8, 4) is 0 Å². The smallest absolute Gasteiger partial charge is 0.253 e. The van der Waals surface area contributed by atoms with Gasteiger partial charge in [-0.1, -0.05) is 6.07 Å². The van der Waals surface area contributed by atoms with Gasteiger partial charge in [-0.05, 0) is 56.2 Å². The third-order valence-corrected chi connectivity index (χ3v) is 6.83. The van der Waals surface area contributed by atoms with Crippen molar-refractivity contribution in [2.75, 3.05) is 37.6 Å². The molecule has 33 heavy (non-hydrogen) atoms. The van der Waals surface area contributed by atoms with Crippen molar-refractivity contribution >= 4 is 28.4 Å². The Morgan fingerprint density at radius 2 is 1.97 bits per heavy atom. The van der Waals surface area contributed by atoms with Crippen LogP contribution in [0.4, 0.5) is 10.1 Å². The van der Waals surface area contributed by atoms with Crippen molar-refractivity contribution in [2.45, 2.75) is 25.8 Å². The van der Waals surface area contributed by atoms with Gasteiger partial charge in [0, 0.05) is 55.4 Å². The zero-order valence-electron chi connectivity index (χ0n) is 18.7. The Labute approximate surface area is 192 Å². The number of H-pyrrole nitrogens is 1. The Morgan fingerprint density at radius 3 is 2.79 bits per heavy atom. The predicted molar refractivity (Wildman–Crippen MR) is 125 cm³/mol. The van der Waals surface area contributed by atoms with Crippen molar-refractivity contribution in [3.05, 3.63) is 60.0 Å². The summed E-state index contributed by atoms with van der Waals surface area (Å²) in [6.45, 7) is 5.06. The molecule has 2 aliphatic heterocycles. The van der Waals surface area contributed by atoms with Crippen LogP contribution in [0.3, 0.4) is 0 Å². The van der Waals surface area contributed by atoms with Crippen molar-refractivity contribution < 1.29 is 14.0 Å². The van der Waals surface area contributed by atoms with E-state index in [4.69, 9.17) is 0 Å². The molecular weight excluding hydrogens is 421 g/mol. The van der Waals surface area contributed by atoms with Gasteiger partial charge in [-0.15, -0.1) is 0 Å². The number of likely N-dealkylation sites (tertiary alicyclic amines) is 1. The highest BCUT2D eigenvalue weighted by Crippen LogP contribution is 2.25. The summed E-state index contributed by atoms with van der Waals surface area (Å²) in [6, 6.07) is 12.1. The number of benzene rings is 2. The number of nitrogens with zero attached hydrogens (tertiary/aromatic N) is 4. The Balaban J connectivity index is 1.24. The van der Waals surface area contributed by atoms with E-state index in [9.17, 15) is 14.0 Å². The molecule has 1 N–H and O–H groups in total. The molecule has 2 atom stereocenters. The fourth-order valence-electron chi connectivity index (χ4n) is 5.05. The summed E-state index contributed by atoms with van der Waals surface area (Å²) in [5.74, 6) is -0.371. The van der Waals surface area contributed by atoms with Crippen molar-refractivity contribution in [1.29, 1.82) is 0 Å². The fourth-order valence-corrected chi connectivity index (χ4v) is 5.05. The van der Waals surface area contributed by atoms with Gasteiger partial charge in [0.05, 0.1) is 17.6 Å². The number of hydrogen-bond donors (Lipinski definition) is 1. The summed E-state index contributed by atoms with van der Waals surface area (Å²) in [7, 11) is 0. The van der Waals surface area contributed by atoms with Gasteiger partial charge in [0.2, 0.25) is 5.91 Å². The van der Waals surface area contributed by atoms with Gasteiger partial charge in [0.1, 0.15) is 5.82 Å². The first-order valence-corrected chi connectivity index (χ1v) is 11.5. The minimum absolute atomic E-state index is 0.0177. The molecule has 5 rings (SSSR count). The average molecular weight is 450 g/mol. The first kappa shape index (κ1) is 21.4. The minimum atomic E-state index is -0.252. The molecule has 0 spiro atoms. The molecule has 0 bridgehead atoms. The Kier molecular flexibility index (Phi) is 5.74. The first-order valence-electron chi connectivity index (χ1n) is 11.5. The number of aromatic amines is 1. The zero-order valence-corrected chi connectivity index (χ0v) is 18.7. The van der Waals surface area contributed by atoms with Crippen LogP contribution in [-0.2, 0) is 4.79 Å². The maximum Gasteiger partial charge on any atom is 0.253 e. The monoisotopic (exact) mass is 449 g/mol. The topological polar surface area (TPSA) is 72.5 Å². The summed E-state index contributed by atoms with van der Waals surface area (Å²) in [5, 5.41) is 7.81. The van der Waals surface area contributed by atoms with Crippen LogP contribution >= 0.6 is 0 Å². The SMILES string of the molecule is CC1CN(c2cccc(F)c2)CCN1C(=O)C1CCCN(C(=O)c2ccc3[nH]ncc3c2)C1. The average Bonchev–Trinajstić information content (AvgIpc) is 3.31. The summed E-state index contributed by atoms with van der Waals surface area (Å²) in [5.41, 5.74) is 2.36. The van der Waals surface area contributed by atoms with Crippen molar-refractivity contribution in [2.24, 2.45) is 5.92 Å². The molecule has 1 aromatic heterocycles. The molecule has 0 saturated carbocycles. The van der Waals surface area contributed by atoms with Crippen LogP contribution in [0.5, 0.6) is 0 Å². The Hall–Kier alpha value is -3.42. The van der Waals surface area contributed by atoms with Gasteiger partial charge >= 0.3 is 0 Å². The second kappa shape index (κ2) is 8.84. The summed E-state index contributed by atoms with van der Waals surface area (Å²) in [6.07, 6.45) is 3.31. The summed E-state index contributed by atoms with van der Waals surface area (Å²) >= 11 is 0. The molecular formula is C25H28FN5O2. The van der Waals surface area contributed by atoms with E-state index in [1.165, 1.54) is 12.1 Å². The maximum atomic E-state index is 13.6. The van der Waals surface area contributed by atoms with E-state index >= 15 is 0 Å². The van der Waals surface area contributed by atoms with Gasteiger partial charge in [0.25, 0.3) is 5.91 Å². The highest BCUT2D eigenvalue weighted by atomic mass is 19.1. The highest BCUT2D eigenvalue weighted by molar-refractivity contribution is 5.98. The molecule has 3 aromatic rings. The van der Waals surface area contributed by atoms with Gasteiger partial charge in [0.15, 0.2) is 0 Å². The Bertz CT molecular complexity index is 1180. The molecule has 3 heterocycles. The van der Waals surface area contributed by atoms with Crippen LogP contribution in [0.1, 0.15) is 30.1 Å². The molecule has 172 valence electrons. The molecule has 0 radical (unpaired) electrons. The lowest BCUT2D eigenvalue weighted by Gasteiger charge is -2.43. The summed E-state index contributed by atoms with van der Waals surface area (Å²) in [4.78, 5) is 32.4. The van der Waals surface area contributed by atoms with E-state index in [-0.39, 0.29) is 29.6 Å². The lowest BCUT2D eigenvalue weighted by atomic mass is 9.94. The maximum absolute atomic E-state index is 13.6. The molecule has 2 saturated heterocycles. The van der Waals surface area contributed by atoms with E-state index in [0.717, 1.165) is 29.4 Å². The standard InChI is InChI=1S/C25H28FN5O2/c1-17-15-29(22-6-2-5-21(26)13-22)10-11-31(17)25(33)19-4-3-9-30(16-19)24(32)18-7-8-23-20(12-18)14-27-28-23/h2,5-8,12-14,17,19H,3-4,9-11,15-16H2,1H3,(H,27,28). The third kappa shape index (κ3) is 4.29. The normalized spacial score (nSPS) is 21.5. The minimum Gasteiger partial charge on any atom is -0.368 e. The third-order valence-electron chi connectivity index (χ3n) is 6.83. The lowest BCUT2D eigenvalue weighted by Crippen LogP contribution is -2.57. The number of carbonyl (C=O) groups is 2. The number of rotatable bonds is 3. The van der Waals surface area contributed by atoms with Gasteiger partial charge < -0.3 is 14.7 Å². The van der Waals surface area contributed by atoms with E-state index in [2.05, 4.69) is 15.1 Å². The molecule has 2 aliphatic rings. The van der Waals surface area contributed by atoms with Crippen LogP contribution in [0.2, 0.25) is 0 Å². The van der Waals surface area contributed by atoms with Crippen LogP contribution in [0.25, 0.3) is 10.9 Å². The van der Waals surface area contributed by atoms with E-state index in [1.807, 2.05) is 36.1 Å². The van der Waals surface area contributed by atoms with Crippen LogP contribution in [0, 0.1) is 11.7 Å². The number of fused-ring (bicyclic) bond motifs is 1. The molecule has 2 amide bonds. The fraction of sp³-hybridized carbons (Fsp3) is 0.400. The molecule has 2 unspecified atom stereocenters. The summed E-state index contributed by atoms with van der Waals surface area (Å²) < 4.78 is 13.6. The second-order valence-corrected chi connectivity index (χ2v) is 9.07. The number of piperidine rings is 1. The van der Waals surface area contributed by atoms with Crippen LogP contribution in [0.15, 0.2) is 48.7 Å². The number of anilines is 1. The van der Waals surface area contributed by atoms with Gasteiger partial charge in [-0.25, -0.2) is 4.39 Å². The quantitative estimate of drug-likeness (QED) is 0.666. The number of hydrogen-bond acceptors (Lipinski definition) is 4. The number of aromatic nitrogens is 2. The van der Waals surface area contributed by atoms with Gasteiger partial charge in [-0.2, -0.15) is 5.10 Å². The number of halogens is 1. The van der Waals surface area contributed by atoms with Crippen LogP contribution < -0.4 is 4.90 Å². The molecule has 0 aliphatic carbocycles. The molecule has 2 fully saturated rings. The first-order chi connectivity index (χ1) is 16.0. The number of nitrogens with one attached hydrogen (secondary N) is 1. The lowest BCUT2D eigenvalue weighted by molar-refractivity contribution is -0.139.